The van der Waals surface area contributed by atoms with Crippen LogP contribution in [0.5, 0.6) is 0 Å². The summed E-state index contributed by atoms with van der Waals surface area (Å²) in [6, 6.07) is 0. The molecule has 2 aliphatic rings. The Morgan fingerprint density at radius 3 is 2.73 bits per heavy atom. The smallest absolute Gasteiger partial charge is 0.237 e. The highest BCUT2D eigenvalue weighted by Crippen LogP contribution is 2.43. The van der Waals surface area contributed by atoms with Gasteiger partial charge in [-0.15, -0.1) is 0 Å². The number of amides is 2. The Morgan fingerprint density at radius 2 is 2.15 bits per heavy atom. The number of nitrogens with one attached hydrogen (secondary N) is 2. The Kier molecular flexibility index (Phi) is 9.65. The Labute approximate surface area is 220 Å². The van der Waals surface area contributed by atoms with Crippen LogP contribution in [0.2, 0.25) is 0 Å². The van der Waals surface area contributed by atoms with Gasteiger partial charge in [-0.2, -0.15) is 0 Å². The van der Waals surface area contributed by atoms with E-state index in [0.717, 1.165) is 32.1 Å². The van der Waals surface area contributed by atoms with Crippen molar-refractivity contribution >= 4 is 65.6 Å². The van der Waals surface area contributed by atoms with Crippen LogP contribution in [0.1, 0.15) is 33.1 Å². The van der Waals surface area contributed by atoms with Crippen molar-refractivity contribution in [3.63, 3.8) is 0 Å². The summed E-state index contributed by atoms with van der Waals surface area (Å²) in [6.07, 6.45) is 9.25. The Hall–Kier alpha value is -1.76. The molecule has 0 saturated carbocycles. The first kappa shape index (κ1) is 27.5. The van der Waals surface area contributed by atoms with Crippen LogP contribution in [0.25, 0.3) is 0 Å². The summed E-state index contributed by atoms with van der Waals surface area (Å²) >= 11 is 1.78. The molecule has 0 aromatic heterocycles. The summed E-state index contributed by atoms with van der Waals surface area (Å²) in [7, 11) is 1.64. The van der Waals surface area contributed by atoms with Crippen molar-refractivity contribution in [3.05, 3.63) is 58.1 Å². The topological polar surface area (TPSA) is 99.8 Å². The molecule has 180 valence electrons. The molecule has 0 aromatic rings. The molecule has 7 nitrogen and oxygen atoms in total. The molecule has 33 heavy (non-hydrogen) atoms. The number of hydrogen-bond acceptors (Lipinski definition) is 3. The number of carbonyl (C=O) groups is 2. The summed E-state index contributed by atoms with van der Waals surface area (Å²) < 4.78 is 5.97. The summed E-state index contributed by atoms with van der Waals surface area (Å²) in [5.74, 6) is 0.240. The van der Waals surface area contributed by atoms with Crippen LogP contribution in [0, 0.1) is 10.8 Å². The number of carbonyl (C=O) groups excluding carboxylic acids is 2. The molecule has 0 radical (unpaired) electrons. The highest BCUT2D eigenvalue weighted by Gasteiger charge is 2.47. The van der Waals surface area contributed by atoms with Crippen LogP contribution in [0.3, 0.4) is 0 Å². The molecule has 1 fully saturated rings. The van der Waals surface area contributed by atoms with E-state index in [0.29, 0.717) is 18.7 Å². The van der Waals surface area contributed by atoms with Crippen LogP contribution in [0.4, 0.5) is 0 Å². The predicted molar refractivity (Wildman–Crippen MR) is 154 cm³/mol. The maximum Gasteiger partial charge on any atom is 0.237 e. The lowest BCUT2D eigenvalue weighted by molar-refractivity contribution is -0.132. The third-order valence-corrected chi connectivity index (χ3v) is 8.42. The summed E-state index contributed by atoms with van der Waals surface area (Å²) in [5, 5.41) is 5.83. The summed E-state index contributed by atoms with van der Waals surface area (Å²) in [5.41, 5.74) is 7.31. The molecule has 2 atom stereocenters. The molecule has 9 heteroatoms. The van der Waals surface area contributed by atoms with E-state index in [1.807, 2.05) is 26.0 Å². The zero-order valence-corrected chi connectivity index (χ0v) is 23.8. The van der Waals surface area contributed by atoms with Crippen LogP contribution >= 0.6 is 43.3 Å². The number of likely N-dealkylation sites (tertiary alicyclic amines) is 1. The maximum atomic E-state index is 13.1. The van der Waals surface area contributed by atoms with Crippen molar-refractivity contribution < 1.29 is 9.59 Å². The van der Waals surface area contributed by atoms with Gasteiger partial charge in [-0.25, -0.2) is 4.99 Å². The molecule has 4 N–H and O–H groups in total. The molecule has 1 saturated heterocycles. The second kappa shape index (κ2) is 11.6. The number of alkyl halides is 1. The minimum absolute atomic E-state index is 0.0264. The molecule has 1 aliphatic carbocycles. The summed E-state index contributed by atoms with van der Waals surface area (Å²) in [4.78, 5) is 31.3. The average Bonchev–Trinajstić information content (AvgIpc) is 3.11. The monoisotopic (exact) mass is 677 g/mol. The second-order valence-corrected chi connectivity index (χ2v) is 11.4. The molecule has 0 bridgehead atoms. The van der Waals surface area contributed by atoms with E-state index in [4.69, 9.17) is 5.73 Å². The lowest BCUT2D eigenvalue weighted by atomic mass is 9.77. The van der Waals surface area contributed by atoms with E-state index in [9.17, 15) is 9.59 Å². The molecular weight excluding hydrogens is 644 g/mol. The predicted octanol–water partition coefficient (Wildman–Crippen LogP) is 3.86. The first-order valence-electron chi connectivity index (χ1n) is 10.6. The number of guanidine groups is 1. The first-order chi connectivity index (χ1) is 15.5. The molecule has 1 aliphatic heterocycles. The van der Waals surface area contributed by atoms with Crippen LogP contribution in [0.15, 0.2) is 63.1 Å². The number of halogens is 2. The Morgan fingerprint density at radius 1 is 1.45 bits per heavy atom. The van der Waals surface area contributed by atoms with Gasteiger partial charge in [0.1, 0.15) is 0 Å². The molecule has 1 heterocycles. The Balaban J connectivity index is 2.06. The maximum absolute atomic E-state index is 13.1. The van der Waals surface area contributed by atoms with Crippen LogP contribution < -0.4 is 16.4 Å². The van der Waals surface area contributed by atoms with Crippen molar-refractivity contribution in [3.8, 4) is 0 Å². The van der Waals surface area contributed by atoms with Gasteiger partial charge in [0.15, 0.2) is 5.96 Å². The molecule has 2 amide bonds. The molecule has 0 aromatic carbocycles. The second-order valence-electron chi connectivity index (χ2n) is 8.40. The SMILES string of the molecule is C=IC1=CC(C)(C(=O)NC)CC=C1NC(N)=N/C=C\C(=C)N1CC[C@](CCI)(C(=C)C)C1=O. The Bertz CT molecular complexity index is 981. The van der Waals surface area contributed by atoms with Crippen molar-refractivity contribution in [1.29, 1.82) is 0 Å². The number of aliphatic imine (C=N–C) groups is 1. The van der Waals surface area contributed by atoms with Gasteiger partial charge in [-0.1, -0.05) is 78.7 Å². The number of hydrogen-bond donors (Lipinski definition) is 3. The van der Waals surface area contributed by atoms with Crippen molar-refractivity contribution in [1.82, 2.24) is 15.5 Å². The number of nitrogens with zero attached hydrogens (tertiary/aromatic N) is 2. The fourth-order valence-electron chi connectivity index (χ4n) is 4.00. The zero-order chi connectivity index (χ0) is 24.8. The lowest BCUT2D eigenvalue weighted by Gasteiger charge is -2.28. The average molecular weight is 677 g/mol. The van der Waals surface area contributed by atoms with Gasteiger partial charge in [0.25, 0.3) is 0 Å². The largest absolute Gasteiger partial charge is 0.369 e. The van der Waals surface area contributed by atoms with Gasteiger partial charge in [-0.3, -0.25) is 9.59 Å². The van der Waals surface area contributed by atoms with E-state index in [1.165, 1.54) is 6.20 Å². The van der Waals surface area contributed by atoms with E-state index in [-0.39, 0.29) is 17.8 Å². The van der Waals surface area contributed by atoms with Crippen molar-refractivity contribution in [2.24, 2.45) is 21.6 Å². The van der Waals surface area contributed by atoms with Crippen LogP contribution in [-0.2, 0) is 9.59 Å². The van der Waals surface area contributed by atoms with Crippen molar-refractivity contribution in [2.45, 2.75) is 33.1 Å². The molecular formula is C24H33I2N5O2. The minimum Gasteiger partial charge on any atom is -0.369 e. The highest BCUT2D eigenvalue weighted by molar-refractivity contribution is 14.2. The fourth-order valence-corrected chi connectivity index (χ4v) is 6.60. The molecule has 1 unspecified atom stereocenters. The quantitative estimate of drug-likeness (QED) is 0.0863. The number of allylic oxidation sites excluding steroid dienone is 3. The summed E-state index contributed by atoms with van der Waals surface area (Å²) in [6.45, 7) is 12.6. The number of rotatable bonds is 9. The lowest BCUT2D eigenvalue weighted by Crippen LogP contribution is -2.38. The van der Waals surface area contributed by atoms with Crippen molar-refractivity contribution in [2.75, 3.05) is 18.0 Å². The van der Waals surface area contributed by atoms with E-state index in [1.54, 1.807) is 18.0 Å². The first-order valence-corrected chi connectivity index (χ1v) is 14.7. The third-order valence-electron chi connectivity index (χ3n) is 6.17. The molecule has 2 rings (SSSR count). The van der Waals surface area contributed by atoms with Gasteiger partial charge in [0.05, 0.1) is 10.8 Å². The number of nitrogens with two attached hydrogens (primary N) is 1. The van der Waals surface area contributed by atoms with Crippen LogP contribution in [-0.4, -0.2) is 45.2 Å². The van der Waals surface area contributed by atoms with E-state index < -0.39 is 31.6 Å². The normalized spacial score (nSPS) is 25.6. The van der Waals surface area contributed by atoms with E-state index >= 15 is 0 Å². The highest BCUT2D eigenvalue weighted by atomic mass is 127. The standard InChI is InChI=1S/C24H33I2N5O2/c1-16(2)24(10-12-25)11-14-31(21(24)33)17(3)8-13-29-22(27)30-19-7-9-23(4,20(32)28-6)15-18(19)26-5/h7-8,13,15H,1,3,5,9-12,14H2,2,4,6H3,(H,28,32)(H3,27,29,30)/b13-8-/t23?,24-/m1/s1. The zero-order valence-electron chi connectivity index (χ0n) is 19.5. The van der Waals surface area contributed by atoms with Gasteiger partial charge in [0, 0.05) is 39.2 Å². The van der Waals surface area contributed by atoms with Gasteiger partial charge >= 0.3 is 0 Å². The molecule has 0 spiro atoms. The minimum atomic E-state index is -0.588. The van der Waals surface area contributed by atoms with Gasteiger partial charge in [0.2, 0.25) is 11.8 Å². The fraction of sp³-hybridized carbons (Fsp3) is 0.417. The third kappa shape index (κ3) is 6.03. The van der Waals surface area contributed by atoms with Gasteiger partial charge < -0.3 is 21.3 Å². The van der Waals surface area contributed by atoms with E-state index in [2.05, 4.69) is 55.9 Å². The van der Waals surface area contributed by atoms with Gasteiger partial charge in [-0.05, 0) is 39.2 Å².